The Labute approximate surface area is 133 Å². The molecule has 2 aromatic carbocycles. The van der Waals surface area contributed by atoms with Crippen molar-refractivity contribution in [3.05, 3.63) is 59.7 Å². The molecule has 0 spiro atoms. The van der Waals surface area contributed by atoms with Gasteiger partial charge < -0.3 is 9.47 Å². The number of ether oxygens (including phenoxy) is 2. The summed E-state index contributed by atoms with van der Waals surface area (Å²) in [5, 5.41) is 5.30. The molecule has 1 heterocycles. The Bertz CT molecular complexity index is 796. The van der Waals surface area contributed by atoms with Gasteiger partial charge in [-0.1, -0.05) is 36.4 Å². The van der Waals surface area contributed by atoms with Crippen LogP contribution in [0.5, 0.6) is 0 Å². The van der Waals surface area contributed by atoms with Gasteiger partial charge in [-0.3, -0.25) is 10.1 Å². The molecule has 0 amide bonds. The van der Waals surface area contributed by atoms with Gasteiger partial charge in [-0.25, -0.2) is 4.79 Å². The maximum atomic E-state index is 12.0. The zero-order valence-corrected chi connectivity index (χ0v) is 12.9. The van der Waals surface area contributed by atoms with E-state index in [9.17, 15) is 9.59 Å². The Hall–Kier alpha value is -2.66. The van der Waals surface area contributed by atoms with Gasteiger partial charge in [0.2, 0.25) is 0 Å². The summed E-state index contributed by atoms with van der Waals surface area (Å²) in [4.78, 5) is 23.8. The van der Waals surface area contributed by atoms with Crippen LogP contribution in [0.2, 0.25) is 0 Å². The molecule has 2 atom stereocenters. The minimum Gasteiger partial charge on any atom is -0.468 e. The largest absolute Gasteiger partial charge is 0.468 e. The maximum absolute atomic E-state index is 12.0. The van der Waals surface area contributed by atoms with Crippen molar-refractivity contribution in [3.8, 4) is 0 Å². The third-order valence-corrected chi connectivity index (χ3v) is 3.99. The van der Waals surface area contributed by atoms with Crippen LogP contribution in [0.25, 0.3) is 10.8 Å². The average Bonchev–Trinajstić information content (AvgIpc) is 3.05. The summed E-state index contributed by atoms with van der Waals surface area (Å²) in [7, 11) is 2.64. The molecule has 0 unspecified atom stereocenters. The van der Waals surface area contributed by atoms with Gasteiger partial charge in [-0.15, -0.1) is 0 Å². The third-order valence-electron chi connectivity index (χ3n) is 3.99. The van der Waals surface area contributed by atoms with Crippen LogP contribution < -0.4 is 5.32 Å². The van der Waals surface area contributed by atoms with E-state index in [-0.39, 0.29) is 0 Å². The molecule has 0 fully saturated rings. The topological polar surface area (TPSA) is 64.6 Å². The predicted octanol–water partition coefficient (Wildman–Crippen LogP) is 2.13. The van der Waals surface area contributed by atoms with Crippen LogP contribution in [0.15, 0.2) is 54.1 Å². The molecule has 2 aromatic rings. The summed E-state index contributed by atoms with van der Waals surface area (Å²) in [6.45, 7) is 0. The summed E-state index contributed by atoms with van der Waals surface area (Å²) in [5.41, 5.74) is 1.31. The Morgan fingerprint density at radius 3 is 2.43 bits per heavy atom. The molecule has 0 saturated heterocycles. The minimum absolute atomic E-state index is 0.406. The molecule has 5 nitrogen and oxygen atoms in total. The van der Waals surface area contributed by atoms with Crippen LogP contribution in [-0.4, -0.2) is 32.2 Å². The molecule has 1 aliphatic rings. The number of rotatable bonds is 3. The van der Waals surface area contributed by atoms with E-state index in [1.807, 2.05) is 42.5 Å². The Kier molecular flexibility index (Phi) is 4.12. The van der Waals surface area contributed by atoms with E-state index in [2.05, 4.69) is 5.32 Å². The van der Waals surface area contributed by atoms with E-state index < -0.39 is 24.0 Å². The number of esters is 2. The lowest BCUT2D eigenvalue weighted by molar-refractivity contribution is -0.141. The standard InChI is InChI=1S/C18H17NO4/c1-22-17(20)14-10-15(18(21)23-2)19-16(14)13-8-7-11-5-3-4-6-12(11)9-13/h3-10,15-16,19H,1-2H3/t15-,16-/m0/s1. The number of fused-ring (bicyclic) bond motifs is 1. The van der Waals surface area contributed by atoms with Gasteiger partial charge in [0.15, 0.2) is 0 Å². The number of methoxy groups -OCH3 is 2. The summed E-state index contributed by atoms with van der Waals surface area (Å²) in [6.07, 6.45) is 1.57. The van der Waals surface area contributed by atoms with Crippen molar-refractivity contribution in [1.82, 2.24) is 5.32 Å². The van der Waals surface area contributed by atoms with Crippen LogP contribution in [-0.2, 0) is 19.1 Å². The average molecular weight is 311 g/mol. The zero-order valence-electron chi connectivity index (χ0n) is 12.9. The monoisotopic (exact) mass is 311 g/mol. The molecule has 0 bridgehead atoms. The number of benzene rings is 2. The Balaban J connectivity index is 2.00. The minimum atomic E-state index is -0.662. The lowest BCUT2D eigenvalue weighted by Crippen LogP contribution is -2.34. The summed E-state index contributed by atoms with van der Waals surface area (Å²) in [6, 6.07) is 12.8. The molecule has 0 aromatic heterocycles. The van der Waals surface area contributed by atoms with Gasteiger partial charge in [-0.05, 0) is 28.5 Å². The SMILES string of the molecule is COC(=O)C1=C[C@@H](C(=O)OC)N[C@H]1c1ccc2ccccc2c1. The number of hydrogen-bond donors (Lipinski definition) is 1. The van der Waals surface area contributed by atoms with Crippen LogP contribution in [0.3, 0.4) is 0 Å². The van der Waals surface area contributed by atoms with Crippen molar-refractivity contribution in [2.24, 2.45) is 0 Å². The van der Waals surface area contributed by atoms with Gasteiger partial charge in [0, 0.05) is 0 Å². The number of carbonyl (C=O) groups is 2. The molecule has 5 heteroatoms. The highest BCUT2D eigenvalue weighted by Gasteiger charge is 2.35. The molecular weight excluding hydrogens is 294 g/mol. The van der Waals surface area contributed by atoms with Crippen LogP contribution in [0.4, 0.5) is 0 Å². The van der Waals surface area contributed by atoms with Gasteiger partial charge in [0.1, 0.15) is 6.04 Å². The molecule has 23 heavy (non-hydrogen) atoms. The van der Waals surface area contributed by atoms with Gasteiger partial charge in [0.25, 0.3) is 0 Å². The fourth-order valence-electron chi connectivity index (χ4n) is 2.82. The van der Waals surface area contributed by atoms with E-state index >= 15 is 0 Å². The normalized spacial score (nSPS) is 20.2. The van der Waals surface area contributed by atoms with Gasteiger partial charge in [0.05, 0.1) is 25.8 Å². The van der Waals surface area contributed by atoms with E-state index in [4.69, 9.17) is 9.47 Å². The van der Waals surface area contributed by atoms with E-state index in [1.165, 1.54) is 14.2 Å². The van der Waals surface area contributed by atoms with Crippen LogP contribution >= 0.6 is 0 Å². The van der Waals surface area contributed by atoms with Gasteiger partial charge >= 0.3 is 11.9 Å². The number of nitrogens with one attached hydrogen (secondary N) is 1. The van der Waals surface area contributed by atoms with Crippen molar-refractivity contribution in [1.29, 1.82) is 0 Å². The highest BCUT2D eigenvalue weighted by Crippen LogP contribution is 2.31. The van der Waals surface area contributed by atoms with E-state index in [0.717, 1.165) is 16.3 Å². The first-order valence-corrected chi connectivity index (χ1v) is 7.26. The predicted molar refractivity (Wildman–Crippen MR) is 85.7 cm³/mol. The second kappa shape index (κ2) is 6.22. The first kappa shape index (κ1) is 15.2. The zero-order chi connectivity index (χ0) is 16.4. The highest BCUT2D eigenvalue weighted by atomic mass is 16.5. The van der Waals surface area contributed by atoms with Crippen LogP contribution in [0.1, 0.15) is 11.6 Å². The first-order chi connectivity index (χ1) is 11.1. The van der Waals surface area contributed by atoms with E-state index in [0.29, 0.717) is 5.57 Å². The van der Waals surface area contributed by atoms with Crippen molar-refractivity contribution in [3.63, 3.8) is 0 Å². The Morgan fingerprint density at radius 2 is 1.74 bits per heavy atom. The van der Waals surface area contributed by atoms with Crippen LogP contribution in [0, 0.1) is 0 Å². The number of carbonyl (C=O) groups excluding carboxylic acids is 2. The fraction of sp³-hybridized carbons (Fsp3) is 0.222. The first-order valence-electron chi connectivity index (χ1n) is 7.26. The smallest absolute Gasteiger partial charge is 0.335 e. The summed E-state index contributed by atoms with van der Waals surface area (Å²) >= 11 is 0. The molecular formula is C18H17NO4. The molecule has 3 rings (SSSR count). The fourth-order valence-corrected chi connectivity index (χ4v) is 2.82. The molecule has 1 N–H and O–H groups in total. The molecule has 0 aliphatic carbocycles. The second-order valence-corrected chi connectivity index (χ2v) is 5.32. The maximum Gasteiger partial charge on any atom is 0.335 e. The molecule has 1 aliphatic heterocycles. The quantitative estimate of drug-likeness (QED) is 0.880. The van der Waals surface area contributed by atoms with E-state index in [1.54, 1.807) is 6.08 Å². The summed E-state index contributed by atoms with van der Waals surface area (Å²) in [5.74, 6) is -0.892. The van der Waals surface area contributed by atoms with Crippen molar-refractivity contribution in [2.75, 3.05) is 14.2 Å². The molecule has 118 valence electrons. The van der Waals surface area contributed by atoms with Crippen molar-refractivity contribution >= 4 is 22.7 Å². The highest BCUT2D eigenvalue weighted by molar-refractivity contribution is 5.94. The number of hydrogen-bond acceptors (Lipinski definition) is 5. The van der Waals surface area contributed by atoms with Crippen molar-refractivity contribution in [2.45, 2.75) is 12.1 Å². The third kappa shape index (κ3) is 2.83. The molecule has 0 radical (unpaired) electrons. The second-order valence-electron chi connectivity index (χ2n) is 5.32. The lowest BCUT2D eigenvalue weighted by Gasteiger charge is -2.17. The molecule has 0 saturated carbocycles. The van der Waals surface area contributed by atoms with Gasteiger partial charge in [-0.2, -0.15) is 0 Å². The summed E-state index contributed by atoms with van der Waals surface area (Å²) < 4.78 is 9.59. The Morgan fingerprint density at radius 1 is 1.00 bits per heavy atom. The van der Waals surface area contributed by atoms with Crippen molar-refractivity contribution < 1.29 is 19.1 Å². The lowest BCUT2D eigenvalue weighted by atomic mass is 9.98.